The first-order valence-corrected chi connectivity index (χ1v) is 5.48. The molecule has 1 atom stereocenters. The predicted molar refractivity (Wildman–Crippen MR) is 65.8 cm³/mol. The monoisotopic (exact) mass is 261 g/mol. The molecule has 0 aliphatic heterocycles. The number of benzene rings is 1. The van der Waals surface area contributed by atoms with Gasteiger partial charge < -0.3 is 15.2 Å². The number of carboxylic acid groups (broad SMARTS) is 1. The number of aliphatic carboxylic acids is 1. The summed E-state index contributed by atoms with van der Waals surface area (Å²) in [5.41, 5.74) is 0.833. The van der Waals surface area contributed by atoms with Crippen molar-refractivity contribution in [3.8, 4) is 0 Å². The van der Waals surface area contributed by atoms with Crippen molar-refractivity contribution in [2.45, 2.75) is 13.0 Å². The summed E-state index contributed by atoms with van der Waals surface area (Å²) in [4.78, 5) is 21.5. The fourth-order valence-corrected chi connectivity index (χ4v) is 1.83. The molecule has 0 bridgehead atoms. The first-order valence-electron chi connectivity index (χ1n) is 5.48. The van der Waals surface area contributed by atoms with Gasteiger partial charge in [-0.1, -0.05) is 30.3 Å². The Morgan fingerprint density at radius 2 is 2.05 bits per heavy atom. The van der Waals surface area contributed by atoms with E-state index in [0.717, 1.165) is 4.68 Å². The molecule has 1 aromatic carbocycles. The van der Waals surface area contributed by atoms with Crippen LogP contribution < -0.4 is 0 Å². The molecule has 7 nitrogen and oxygen atoms in total. The number of carbonyl (C=O) groups is 1. The van der Waals surface area contributed by atoms with Crippen LogP contribution in [0.5, 0.6) is 0 Å². The Balaban J connectivity index is 2.49. The topological polar surface area (TPSA) is 98.3 Å². The molecule has 7 heteroatoms. The number of hydrogen-bond acceptors (Lipinski definition) is 4. The Morgan fingerprint density at radius 3 is 2.53 bits per heavy atom. The highest BCUT2D eigenvalue weighted by atomic mass is 16.6. The standard InChI is InChI=1S/C12H11N3O4/c1-8-7-14(13-11(8)15(18)19)10(12(16)17)9-5-3-2-4-6-9/h2-7,10H,1H3,(H,16,17). The Hall–Kier alpha value is -2.70. The number of rotatable bonds is 4. The fourth-order valence-electron chi connectivity index (χ4n) is 1.83. The highest BCUT2D eigenvalue weighted by Crippen LogP contribution is 2.22. The van der Waals surface area contributed by atoms with Gasteiger partial charge in [0.05, 0.1) is 16.9 Å². The minimum Gasteiger partial charge on any atom is -0.479 e. The van der Waals surface area contributed by atoms with Gasteiger partial charge in [0.1, 0.15) is 0 Å². The van der Waals surface area contributed by atoms with Crippen LogP contribution in [0.4, 0.5) is 5.82 Å². The highest BCUT2D eigenvalue weighted by molar-refractivity contribution is 5.76. The molecule has 1 N–H and O–H groups in total. The van der Waals surface area contributed by atoms with Gasteiger partial charge in [-0.25, -0.2) is 4.79 Å². The maximum absolute atomic E-state index is 11.4. The zero-order valence-electron chi connectivity index (χ0n) is 10.1. The number of nitro groups is 1. The van der Waals surface area contributed by atoms with E-state index in [1.807, 2.05) is 0 Å². The summed E-state index contributed by atoms with van der Waals surface area (Å²) in [7, 11) is 0. The van der Waals surface area contributed by atoms with Crippen LogP contribution in [-0.4, -0.2) is 25.8 Å². The predicted octanol–water partition coefficient (Wildman–Crippen LogP) is 1.77. The van der Waals surface area contributed by atoms with Crippen molar-refractivity contribution in [1.29, 1.82) is 0 Å². The lowest BCUT2D eigenvalue weighted by molar-refractivity contribution is -0.390. The van der Waals surface area contributed by atoms with E-state index in [4.69, 9.17) is 0 Å². The molecule has 1 aromatic heterocycles. The summed E-state index contributed by atoms with van der Waals surface area (Å²) in [6.45, 7) is 1.52. The first-order chi connectivity index (χ1) is 9.00. The quantitative estimate of drug-likeness (QED) is 0.668. The molecule has 0 saturated carbocycles. The van der Waals surface area contributed by atoms with Gasteiger partial charge in [0.2, 0.25) is 0 Å². The lowest BCUT2D eigenvalue weighted by Crippen LogP contribution is -2.20. The summed E-state index contributed by atoms with van der Waals surface area (Å²) in [5.74, 6) is -1.45. The molecule has 19 heavy (non-hydrogen) atoms. The maximum Gasteiger partial charge on any atom is 0.392 e. The van der Waals surface area contributed by atoms with E-state index in [-0.39, 0.29) is 5.82 Å². The van der Waals surface area contributed by atoms with E-state index in [1.165, 1.54) is 13.1 Å². The van der Waals surface area contributed by atoms with Gasteiger partial charge in [-0.15, -0.1) is 0 Å². The van der Waals surface area contributed by atoms with Gasteiger partial charge in [-0.05, 0) is 17.4 Å². The molecule has 98 valence electrons. The van der Waals surface area contributed by atoms with E-state index < -0.39 is 16.9 Å². The molecule has 1 unspecified atom stereocenters. The van der Waals surface area contributed by atoms with Crippen LogP contribution in [-0.2, 0) is 4.79 Å². The molecule has 0 amide bonds. The molecule has 0 spiro atoms. The van der Waals surface area contributed by atoms with Crippen molar-refractivity contribution in [2.24, 2.45) is 0 Å². The van der Waals surface area contributed by atoms with Gasteiger partial charge in [-0.2, -0.15) is 4.68 Å². The largest absolute Gasteiger partial charge is 0.479 e. The van der Waals surface area contributed by atoms with Crippen LogP contribution in [0.3, 0.4) is 0 Å². The van der Waals surface area contributed by atoms with Crippen LogP contribution >= 0.6 is 0 Å². The zero-order chi connectivity index (χ0) is 14.0. The van der Waals surface area contributed by atoms with Gasteiger partial charge in [0.15, 0.2) is 6.04 Å². The van der Waals surface area contributed by atoms with Crippen molar-refractivity contribution in [2.75, 3.05) is 0 Å². The van der Waals surface area contributed by atoms with Crippen molar-refractivity contribution in [1.82, 2.24) is 9.78 Å². The van der Waals surface area contributed by atoms with E-state index >= 15 is 0 Å². The van der Waals surface area contributed by atoms with Crippen LogP contribution in [0.25, 0.3) is 0 Å². The minimum absolute atomic E-state index is 0.326. The van der Waals surface area contributed by atoms with E-state index in [0.29, 0.717) is 11.1 Å². The fraction of sp³-hybridized carbons (Fsp3) is 0.167. The second-order valence-corrected chi connectivity index (χ2v) is 4.02. The van der Waals surface area contributed by atoms with Crippen molar-refractivity contribution >= 4 is 11.8 Å². The third-order valence-electron chi connectivity index (χ3n) is 2.68. The molecule has 0 aliphatic carbocycles. The molecular weight excluding hydrogens is 250 g/mol. The number of carboxylic acids is 1. The molecule has 0 fully saturated rings. The minimum atomic E-state index is -1.12. The van der Waals surface area contributed by atoms with E-state index in [2.05, 4.69) is 5.10 Å². The summed E-state index contributed by atoms with van der Waals surface area (Å²) < 4.78 is 1.10. The number of nitrogens with zero attached hydrogens (tertiary/aromatic N) is 3. The Labute approximate surface area is 108 Å². The van der Waals surface area contributed by atoms with Crippen LogP contribution in [0.2, 0.25) is 0 Å². The average Bonchev–Trinajstić information content (AvgIpc) is 2.72. The smallest absolute Gasteiger partial charge is 0.392 e. The van der Waals surface area contributed by atoms with Crippen molar-refractivity contribution < 1.29 is 14.8 Å². The lowest BCUT2D eigenvalue weighted by Gasteiger charge is -2.09. The Kier molecular flexibility index (Phi) is 3.28. The Morgan fingerprint density at radius 1 is 1.42 bits per heavy atom. The SMILES string of the molecule is Cc1cn(C(C(=O)O)c2ccccc2)nc1[N+](=O)[O-]. The summed E-state index contributed by atoms with van der Waals surface area (Å²) >= 11 is 0. The summed E-state index contributed by atoms with van der Waals surface area (Å²) in [5, 5.41) is 23.8. The lowest BCUT2D eigenvalue weighted by atomic mass is 10.1. The highest BCUT2D eigenvalue weighted by Gasteiger charge is 2.28. The normalized spacial score (nSPS) is 12.1. The number of aryl methyl sites for hydroxylation is 1. The average molecular weight is 261 g/mol. The molecule has 2 aromatic rings. The van der Waals surface area contributed by atoms with E-state index in [9.17, 15) is 20.0 Å². The molecule has 1 heterocycles. The second-order valence-electron chi connectivity index (χ2n) is 4.02. The van der Waals surface area contributed by atoms with Crippen molar-refractivity contribution in [3.05, 3.63) is 57.8 Å². The summed E-state index contributed by atoms with van der Waals surface area (Å²) in [6, 6.07) is 7.38. The zero-order valence-corrected chi connectivity index (χ0v) is 10.1. The second kappa shape index (κ2) is 4.89. The molecule has 2 rings (SSSR count). The molecular formula is C12H11N3O4. The summed E-state index contributed by atoms with van der Waals surface area (Å²) in [6.07, 6.45) is 1.36. The molecule has 0 aliphatic rings. The number of hydrogen-bond donors (Lipinski definition) is 1. The van der Waals surface area contributed by atoms with E-state index in [1.54, 1.807) is 30.3 Å². The van der Waals surface area contributed by atoms with Gasteiger partial charge in [0.25, 0.3) is 0 Å². The van der Waals surface area contributed by atoms with Crippen LogP contribution in [0.1, 0.15) is 17.2 Å². The maximum atomic E-state index is 11.4. The Bertz CT molecular complexity index is 621. The van der Waals surface area contributed by atoms with Gasteiger partial charge in [0, 0.05) is 0 Å². The molecule has 0 saturated heterocycles. The third-order valence-corrected chi connectivity index (χ3v) is 2.68. The van der Waals surface area contributed by atoms with Gasteiger partial charge >= 0.3 is 11.8 Å². The van der Waals surface area contributed by atoms with Crippen molar-refractivity contribution in [3.63, 3.8) is 0 Å². The van der Waals surface area contributed by atoms with Gasteiger partial charge in [-0.3, -0.25) is 0 Å². The molecule has 0 radical (unpaired) electrons. The van der Waals surface area contributed by atoms with Crippen LogP contribution in [0.15, 0.2) is 36.5 Å². The first kappa shape index (κ1) is 12.7. The van der Waals surface area contributed by atoms with Crippen LogP contribution in [0, 0.1) is 17.0 Å². The number of aromatic nitrogens is 2. The third kappa shape index (κ3) is 2.44.